The van der Waals surface area contributed by atoms with Gasteiger partial charge in [-0.15, -0.1) is 0 Å². The molecule has 0 aliphatic rings. The van der Waals surface area contributed by atoms with Gasteiger partial charge < -0.3 is 4.74 Å². The third kappa shape index (κ3) is 3.27. The monoisotopic (exact) mass is 452 g/mol. The summed E-state index contributed by atoms with van der Waals surface area (Å²) in [4.78, 5) is 11.5. The number of rotatable bonds is 1. The minimum atomic E-state index is -4.61. The Bertz CT molecular complexity index is 533. The van der Waals surface area contributed by atoms with Gasteiger partial charge in [0.05, 0.1) is 4.47 Å². The van der Waals surface area contributed by atoms with Crippen molar-refractivity contribution in [1.82, 2.24) is 4.57 Å². The van der Waals surface area contributed by atoms with Crippen LogP contribution in [0.1, 0.15) is 5.56 Å². The van der Waals surface area contributed by atoms with E-state index in [4.69, 9.17) is 5.26 Å². The molecule has 0 aromatic carbocycles. The predicted octanol–water partition coefficient (Wildman–Crippen LogP) is 4.19. The summed E-state index contributed by atoms with van der Waals surface area (Å²) in [5.41, 5.74) is 0.0610. The number of alkyl halides is 3. The van der Waals surface area contributed by atoms with E-state index in [-0.39, 0.29) is 19.2 Å². The molecule has 1 aromatic rings. The fourth-order valence-corrected chi connectivity index (χ4v) is 3.04. The topological polar surface area (TPSA) is 55.0 Å². The van der Waals surface area contributed by atoms with E-state index >= 15 is 0 Å². The molecule has 0 saturated carbocycles. The molecule has 1 aromatic heterocycles. The molecule has 18 heavy (non-hydrogen) atoms. The van der Waals surface area contributed by atoms with E-state index in [2.05, 4.69) is 52.5 Å². The average molecular weight is 455 g/mol. The zero-order valence-electron chi connectivity index (χ0n) is 8.19. The Morgan fingerprint density at radius 3 is 2.28 bits per heavy atom. The first kappa shape index (κ1) is 15.5. The summed E-state index contributed by atoms with van der Waals surface area (Å²) < 4.78 is 40.9. The lowest BCUT2D eigenvalue weighted by atomic mass is 10.4. The van der Waals surface area contributed by atoms with E-state index in [0.717, 1.165) is 4.57 Å². The summed E-state index contributed by atoms with van der Waals surface area (Å²) in [6.45, 7) is -1.71. The van der Waals surface area contributed by atoms with Crippen molar-refractivity contribution in [3.63, 3.8) is 0 Å². The van der Waals surface area contributed by atoms with Gasteiger partial charge in [0, 0.05) is 0 Å². The second-order valence-electron chi connectivity index (χ2n) is 2.89. The Labute approximate surface area is 124 Å². The van der Waals surface area contributed by atoms with Gasteiger partial charge in [0.15, 0.2) is 6.61 Å². The standard InChI is InChI=1S/C8H2Br3F3N2O2/c9-4-3(1-15)5(10)16(6(4)11)7(17)18-2-8(12,13)14/h2H2. The number of carbonyl (C=O) groups excluding carboxylic acids is 1. The quantitative estimate of drug-likeness (QED) is 0.639. The molecule has 0 unspecified atom stereocenters. The average Bonchev–Trinajstić information content (AvgIpc) is 2.46. The molecule has 0 N–H and O–H groups in total. The molecule has 0 spiro atoms. The van der Waals surface area contributed by atoms with Crippen molar-refractivity contribution in [2.75, 3.05) is 6.61 Å². The number of ether oxygens (including phenoxy) is 1. The van der Waals surface area contributed by atoms with Crippen LogP contribution in [0.4, 0.5) is 18.0 Å². The Hall–Kier alpha value is -0.530. The fraction of sp³-hybridized carbons (Fsp3) is 0.250. The zero-order chi connectivity index (χ0) is 14.1. The highest BCUT2D eigenvalue weighted by atomic mass is 79.9. The third-order valence-electron chi connectivity index (χ3n) is 1.65. The fourth-order valence-electron chi connectivity index (χ4n) is 0.953. The van der Waals surface area contributed by atoms with Crippen molar-refractivity contribution in [3.8, 4) is 6.07 Å². The first-order chi connectivity index (χ1) is 8.19. The number of hydrogen-bond donors (Lipinski definition) is 0. The van der Waals surface area contributed by atoms with Crippen LogP contribution in [0.3, 0.4) is 0 Å². The van der Waals surface area contributed by atoms with E-state index in [9.17, 15) is 18.0 Å². The van der Waals surface area contributed by atoms with Gasteiger partial charge in [-0.25, -0.2) is 9.36 Å². The highest BCUT2D eigenvalue weighted by Gasteiger charge is 2.31. The highest BCUT2D eigenvalue weighted by Crippen LogP contribution is 2.35. The second-order valence-corrected chi connectivity index (χ2v) is 5.18. The van der Waals surface area contributed by atoms with Crippen LogP contribution in [-0.4, -0.2) is 23.4 Å². The molecule has 0 radical (unpaired) electrons. The van der Waals surface area contributed by atoms with E-state index in [1.165, 1.54) is 0 Å². The molecule has 10 heteroatoms. The van der Waals surface area contributed by atoms with Crippen LogP contribution in [0, 0.1) is 11.3 Å². The Balaban J connectivity index is 3.05. The van der Waals surface area contributed by atoms with Gasteiger partial charge in [-0.2, -0.15) is 18.4 Å². The number of nitrogens with zero attached hydrogens (tertiary/aromatic N) is 2. The minimum Gasteiger partial charge on any atom is -0.439 e. The molecule has 0 saturated heterocycles. The van der Waals surface area contributed by atoms with Crippen LogP contribution in [0.2, 0.25) is 0 Å². The number of carbonyl (C=O) groups is 1. The van der Waals surface area contributed by atoms with E-state index in [0.29, 0.717) is 0 Å². The Morgan fingerprint density at radius 1 is 1.33 bits per heavy atom. The van der Waals surface area contributed by atoms with E-state index in [1.807, 2.05) is 0 Å². The minimum absolute atomic E-state index is 0.00377. The predicted molar refractivity (Wildman–Crippen MR) is 65.0 cm³/mol. The summed E-state index contributed by atoms with van der Waals surface area (Å²) in [6.07, 6.45) is -5.87. The van der Waals surface area contributed by atoms with Gasteiger partial charge >= 0.3 is 12.3 Å². The van der Waals surface area contributed by atoms with Gasteiger partial charge in [-0.1, -0.05) is 0 Å². The summed E-state index contributed by atoms with van der Waals surface area (Å²) >= 11 is 8.92. The van der Waals surface area contributed by atoms with E-state index in [1.54, 1.807) is 6.07 Å². The maximum Gasteiger partial charge on any atom is 0.422 e. The van der Waals surface area contributed by atoms with Crippen molar-refractivity contribution >= 4 is 53.9 Å². The molecule has 4 nitrogen and oxygen atoms in total. The van der Waals surface area contributed by atoms with Crippen LogP contribution in [0.25, 0.3) is 0 Å². The van der Waals surface area contributed by atoms with Gasteiger partial charge in [-0.3, -0.25) is 0 Å². The maximum atomic E-state index is 11.9. The van der Waals surface area contributed by atoms with Crippen molar-refractivity contribution in [1.29, 1.82) is 5.26 Å². The SMILES string of the molecule is N#Cc1c(Br)c(Br)n(C(=O)OCC(F)(F)F)c1Br. The third-order valence-corrected chi connectivity index (χ3v) is 4.46. The summed E-state index contributed by atoms with van der Waals surface area (Å²) in [5.74, 6) is 0. The molecule has 98 valence electrons. The van der Waals surface area contributed by atoms with Crippen LogP contribution in [0.15, 0.2) is 13.7 Å². The normalized spacial score (nSPS) is 11.2. The van der Waals surface area contributed by atoms with Gasteiger partial charge in [0.2, 0.25) is 0 Å². The highest BCUT2D eigenvalue weighted by molar-refractivity contribution is 9.13. The molecule has 0 aliphatic heterocycles. The molecular formula is C8H2Br3F3N2O2. The maximum absolute atomic E-state index is 11.9. The van der Waals surface area contributed by atoms with Crippen molar-refractivity contribution in [2.45, 2.75) is 6.18 Å². The first-order valence-electron chi connectivity index (χ1n) is 4.08. The number of halogens is 6. The smallest absolute Gasteiger partial charge is 0.422 e. The first-order valence-corrected chi connectivity index (χ1v) is 6.46. The summed E-state index contributed by atoms with van der Waals surface area (Å²) in [7, 11) is 0. The van der Waals surface area contributed by atoms with Crippen LogP contribution < -0.4 is 0 Å². The van der Waals surface area contributed by atoms with Gasteiger partial charge in [-0.05, 0) is 47.8 Å². The van der Waals surface area contributed by atoms with Crippen LogP contribution in [-0.2, 0) is 4.74 Å². The molecule has 0 bridgehead atoms. The molecule has 0 amide bonds. The number of hydrogen-bond acceptors (Lipinski definition) is 3. The molecule has 0 atom stereocenters. The lowest BCUT2D eigenvalue weighted by Gasteiger charge is -2.09. The zero-order valence-corrected chi connectivity index (χ0v) is 12.9. The molecule has 0 fully saturated rings. The summed E-state index contributed by atoms with van der Waals surface area (Å²) in [5, 5.41) is 8.80. The van der Waals surface area contributed by atoms with Crippen molar-refractivity contribution in [3.05, 3.63) is 19.2 Å². The number of nitriles is 1. The van der Waals surface area contributed by atoms with Crippen molar-refractivity contribution in [2.24, 2.45) is 0 Å². The summed E-state index contributed by atoms with van der Waals surface area (Å²) in [6, 6.07) is 1.78. The molecule has 0 aliphatic carbocycles. The molecular weight excluding hydrogens is 453 g/mol. The molecule has 1 heterocycles. The number of aromatic nitrogens is 1. The molecule has 1 rings (SSSR count). The van der Waals surface area contributed by atoms with Gasteiger partial charge in [0.25, 0.3) is 0 Å². The van der Waals surface area contributed by atoms with E-state index < -0.39 is 18.9 Å². The van der Waals surface area contributed by atoms with Gasteiger partial charge in [0.1, 0.15) is 20.8 Å². The van der Waals surface area contributed by atoms with Crippen LogP contribution >= 0.6 is 47.8 Å². The lowest BCUT2D eigenvalue weighted by molar-refractivity contribution is -0.160. The largest absolute Gasteiger partial charge is 0.439 e. The second kappa shape index (κ2) is 5.63. The Morgan fingerprint density at radius 2 is 1.89 bits per heavy atom. The lowest BCUT2D eigenvalue weighted by Crippen LogP contribution is -2.23. The van der Waals surface area contributed by atoms with Crippen LogP contribution in [0.5, 0.6) is 0 Å². The van der Waals surface area contributed by atoms with Crippen molar-refractivity contribution < 1.29 is 22.7 Å². The Kier molecular flexibility index (Phi) is 4.85.